The summed E-state index contributed by atoms with van der Waals surface area (Å²) in [6.45, 7) is 0. The van der Waals surface area contributed by atoms with E-state index in [0.717, 1.165) is 11.6 Å². The number of amides is 2. The number of halogens is 2. The van der Waals surface area contributed by atoms with E-state index in [1.807, 2.05) is 6.07 Å². The van der Waals surface area contributed by atoms with Gasteiger partial charge in [0, 0.05) is 17.4 Å². The predicted octanol–water partition coefficient (Wildman–Crippen LogP) is 2.94. The molecule has 0 bridgehead atoms. The average molecular weight is 336 g/mol. The minimum Gasteiger partial charge on any atom is -0.366 e. The number of hydrogen-bond donors (Lipinski definition) is 2. The molecular formula is C16H14F2N2O2S. The van der Waals surface area contributed by atoms with Gasteiger partial charge in [0.05, 0.1) is 11.4 Å². The second kappa shape index (κ2) is 7.73. The molecule has 120 valence electrons. The van der Waals surface area contributed by atoms with Crippen LogP contribution >= 0.6 is 11.8 Å². The van der Waals surface area contributed by atoms with Gasteiger partial charge < -0.3 is 11.1 Å². The van der Waals surface area contributed by atoms with E-state index in [1.54, 1.807) is 18.2 Å². The van der Waals surface area contributed by atoms with Gasteiger partial charge in [0.25, 0.3) is 0 Å². The minimum atomic E-state index is -0.822. The molecule has 2 amide bonds. The van der Waals surface area contributed by atoms with E-state index >= 15 is 0 Å². The van der Waals surface area contributed by atoms with Crippen LogP contribution in [0.4, 0.5) is 14.5 Å². The van der Waals surface area contributed by atoms with Crippen LogP contribution in [0, 0.1) is 11.6 Å². The fraction of sp³-hybridized carbons (Fsp3) is 0.125. The Kier molecular flexibility index (Phi) is 5.70. The molecule has 7 heteroatoms. The Hall–Kier alpha value is -2.41. The van der Waals surface area contributed by atoms with E-state index < -0.39 is 23.4 Å². The van der Waals surface area contributed by atoms with Crippen LogP contribution in [-0.2, 0) is 10.5 Å². The first-order chi connectivity index (χ1) is 11.0. The summed E-state index contributed by atoms with van der Waals surface area (Å²) >= 11 is 1.30. The van der Waals surface area contributed by atoms with E-state index in [2.05, 4.69) is 5.32 Å². The van der Waals surface area contributed by atoms with Gasteiger partial charge in [0.1, 0.15) is 11.6 Å². The summed E-state index contributed by atoms with van der Waals surface area (Å²) in [6, 6.07) is 9.75. The molecule has 0 saturated carbocycles. The average Bonchev–Trinajstić information content (AvgIpc) is 2.50. The van der Waals surface area contributed by atoms with Crippen LogP contribution in [0.15, 0.2) is 42.5 Å². The maximum Gasteiger partial charge on any atom is 0.248 e. The van der Waals surface area contributed by atoms with Crippen LogP contribution in [0.2, 0.25) is 0 Å². The molecule has 0 aliphatic carbocycles. The van der Waals surface area contributed by atoms with Gasteiger partial charge in [0.15, 0.2) is 0 Å². The molecule has 0 spiro atoms. The van der Waals surface area contributed by atoms with Crippen LogP contribution < -0.4 is 11.1 Å². The van der Waals surface area contributed by atoms with Crippen LogP contribution in [0.3, 0.4) is 0 Å². The number of rotatable bonds is 6. The van der Waals surface area contributed by atoms with Gasteiger partial charge in [-0.15, -0.1) is 11.8 Å². The highest BCUT2D eigenvalue weighted by molar-refractivity contribution is 7.99. The van der Waals surface area contributed by atoms with E-state index in [9.17, 15) is 18.4 Å². The lowest BCUT2D eigenvalue weighted by Gasteiger charge is -2.07. The lowest BCUT2D eigenvalue weighted by atomic mass is 10.1. The van der Waals surface area contributed by atoms with Crippen molar-refractivity contribution < 1.29 is 18.4 Å². The van der Waals surface area contributed by atoms with Crippen LogP contribution in [-0.4, -0.2) is 17.6 Å². The molecule has 0 aromatic heterocycles. The van der Waals surface area contributed by atoms with E-state index in [1.165, 1.54) is 17.8 Å². The van der Waals surface area contributed by atoms with Crippen molar-refractivity contribution in [2.45, 2.75) is 5.75 Å². The Balaban J connectivity index is 1.85. The maximum atomic E-state index is 13.4. The Labute approximate surface area is 136 Å². The van der Waals surface area contributed by atoms with E-state index in [4.69, 9.17) is 5.73 Å². The summed E-state index contributed by atoms with van der Waals surface area (Å²) in [7, 11) is 0. The maximum absolute atomic E-state index is 13.4. The third-order valence-corrected chi connectivity index (χ3v) is 3.92. The summed E-state index contributed by atoms with van der Waals surface area (Å²) in [5, 5.41) is 2.38. The molecule has 0 atom stereocenters. The third kappa shape index (κ3) is 5.07. The first-order valence-electron chi connectivity index (χ1n) is 6.67. The number of nitrogens with one attached hydrogen (secondary N) is 1. The van der Waals surface area contributed by atoms with Crippen molar-refractivity contribution in [3.8, 4) is 0 Å². The molecule has 0 radical (unpaired) electrons. The first-order valence-corrected chi connectivity index (χ1v) is 7.82. The summed E-state index contributed by atoms with van der Waals surface area (Å²) in [5.41, 5.74) is 6.39. The Morgan fingerprint density at radius 2 is 1.91 bits per heavy atom. The topological polar surface area (TPSA) is 72.2 Å². The summed E-state index contributed by atoms with van der Waals surface area (Å²) in [4.78, 5) is 22.8. The molecule has 2 aromatic rings. The van der Waals surface area contributed by atoms with E-state index in [-0.39, 0.29) is 11.4 Å². The third-order valence-electron chi connectivity index (χ3n) is 2.92. The molecule has 0 saturated heterocycles. The van der Waals surface area contributed by atoms with Crippen molar-refractivity contribution in [3.05, 3.63) is 65.2 Å². The van der Waals surface area contributed by atoms with Crippen molar-refractivity contribution in [1.82, 2.24) is 0 Å². The first kappa shape index (κ1) is 17.0. The van der Waals surface area contributed by atoms with Gasteiger partial charge >= 0.3 is 0 Å². The second-order valence-electron chi connectivity index (χ2n) is 4.73. The fourth-order valence-electron chi connectivity index (χ4n) is 1.85. The number of hydrogen-bond acceptors (Lipinski definition) is 3. The van der Waals surface area contributed by atoms with Crippen molar-refractivity contribution >= 4 is 29.3 Å². The number of carbonyl (C=O) groups excluding carboxylic acids is 2. The van der Waals surface area contributed by atoms with Gasteiger partial charge in [0.2, 0.25) is 11.8 Å². The molecule has 23 heavy (non-hydrogen) atoms. The van der Waals surface area contributed by atoms with Gasteiger partial charge in [-0.2, -0.15) is 0 Å². The summed E-state index contributed by atoms with van der Waals surface area (Å²) in [5.74, 6) is -1.84. The molecule has 3 N–H and O–H groups in total. The Morgan fingerprint density at radius 1 is 1.13 bits per heavy atom. The molecule has 2 rings (SSSR count). The molecule has 4 nitrogen and oxygen atoms in total. The monoisotopic (exact) mass is 336 g/mol. The number of thioether (sulfide) groups is 1. The van der Waals surface area contributed by atoms with Crippen molar-refractivity contribution in [1.29, 1.82) is 0 Å². The van der Waals surface area contributed by atoms with Crippen molar-refractivity contribution in [2.75, 3.05) is 11.1 Å². The van der Waals surface area contributed by atoms with Gasteiger partial charge in [-0.05, 0) is 29.8 Å². The quantitative estimate of drug-likeness (QED) is 0.852. The van der Waals surface area contributed by atoms with Crippen molar-refractivity contribution in [2.24, 2.45) is 5.73 Å². The number of anilines is 1. The number of carbonyl (C=O) groups is 2. The normalized spacial score (nSPS) is 10.3. The zero-order chi connectivity index (χ0) is 16.8. The van der Waals surface area contributed by atoms with Crippen LogP contribution in [0.5, 0.6) is 0 Å². The standard InChI is InChI=1S/C16H14F2N2O2S/c17-12-4-5-14(13(18)7-12)20-15(21)9-23-8-10-2-1-3-11(6-10)16(19)22/h1-7H,8-9H2,(H2,19,22)(H,20,21). The smallest absolute Gasteiger partial charge is 0.248 e. The minimum absolute atomic E-state index is 0.0623. The molecular weight excluding hydrogens is 322 g/mol. The number of nitrogens with two attached hydrogens (primary N) is 1. The van der Waals surface area contributed by atoms with Crippen molar-refractivity contribution in [3.63, 3.8) is 0 Å². The molecule has 2 aromatic carbocycles. The lowest BCUT2D eigenvalue weighted by molar-refractivity contribution is -0.113. The Morgan fingerprint density at radius 3 is 2.61 bits per heavy atom. The van der Waals surface area contributed by atoms with E-state index in [0.29, 0.717) is 17.4 Å². The highest BCUT2D eigenvalue weighted by atomic mass is 32.2. The zero-order valence-corrected chi connectivity index (χ0v) is 12.8. The van der Waals surface area contributed by atoms with Crippen LogP contribution in [0.25, 0.3) is 0 Å². The molecule has 0 aliphatic rings. The largest absolute Gasteiger partial charge is 0.366 e. The van der Waals surface area contributed by atoms with Gasteiger partial charge in [-0.25, -0.2) is 8.78 Å². The SMILES string of the molecule is NC(=O)c1cccc(CSCC(=O)Nc2ccc(F)cc2F)c1. The lowest BCUT2D eigenvalue weighted by Crippen LogP contribution is -2.15. The fourth-order valence-corrected chi connectivity index (χ4v) is 2.63. The summed E-state index contributed by atoms with van der Waals surface area (Å²) in [6.07, 6.45) is 0. The molecule has 0 aliphatic heterocycles. The molecule has 0 fully saturated rings. The molecule has 0 heterocycles. The zero-order valence-electron chi connectivity index (χ0n) is 12.0. The number of primary amides is 1. The highest BCUT2D eigenvalue weighted by Gasteiger charge is 2.08. The van der Waals surface area contributed by atoms with Crippen LogP contribution in [0.1, 0.15) is 15.9 Å². The summed E-state index contributed by atoms with van der Waals surface area (Å²) < 4.78 is 26.2. The Bertz CT molecular complexity index is 738. The highest BCUT2D eigenvalue weighted by Crippen LogP contribution is 2.17. The van der Waals surface area contributed by atoms with Gasteiger partial charge in [-0.3, -0.25) is 9.59 Å². The molecule has 0 unspecified atom stereocenters. The second-order valence-corrected chi connectivity index (χ2v) is 5.72. The van der Waals surface area contributed by atoms with Gasteiger partial charge in [-0.1, -0.05) is 12.1 Å². The number of benzene rings is 2. The predicted molar refractivity (Wildman–Crippen MR) is 86.1 cm³/mol.